The molecule has 0 aliphatic rings. The Bertz CT molecular complexity index is 307. The second kappa shape index (κ2) is 6.31. The highest BCUT2D eigenvalue weighted by Crippen LogP contribution is 1.96. The number of amides is 1. The summed E-state index contributed by atoms with van der Waals surface area (Å²) in [6, 6.07) is 1.39. The van der Waals surface area contributed by atoms with E-state index in [1.165, 1.54) is 12.4 Å². The van der Waals surface area contributed by atoms with Gasteiger partial charge in [0.1, 0.15) is 0 Å². The summed E-state index contributed by atoms with van der Waals surface area (Å²) in [6.07, 6.45) is 2.86. The van der Waals surface area contributed by atoms with E-state index in [-0.39, 0.29) is 11.9 Å². The van der Waals surface area contributed by atoms with Crippen LogP contribution in [0, 0.1) is 0 Å². The summed E-state index contributed by atoms with van der Waals surface area (Å²) < 4.78 is 4.90. The number of methoxy groups -OCH3 is 1. The number of carbonyl (C=O) groups is 1. The maximum Gasteiger partial charge on any atom is 0.253 e. The number of hydrogen-bond acceptors (Lipinski definition) is 4. The molecule has 1 unspecified atom stereocenters. The van der Waals surface area contributed by atoms with Gasteiger partial charge in [-0.15, -0.1) is 11.6 Å². The van der Waals surface area contributed by atoms with Crippen molar-refractivity contribution in [3.63, 3.8) is 0 Å². The normalized spacial score (nSPS) is 12.1. The smallest absolute Gasteiger partial charge is 0.253 e. The molecule has 0 aliphatic carbocycles. The minimum Gasteiger partial charge on any atom is -0.383 e. The molecule has 0 spiro atoms. The molecular formula is C9H12ClN3O2. The van der Waals surface area contributed by atoms with Gasteiger partial charge in [0, 0.05) is 13.0 Å². The number of rotatable bonds is 5. The maximum atomic E-state index is 11.6. The lowest BCUT2D eigenvalue weighted by molar-refractivity contribution is 0.0906. The van der Waals surface area contributed by atoms with Crippen LogP contribution in [0.15, 0.2) is 18.5 Å². The van der Waals surface area contributed by atoms with Crippen LogP contribution < -0.4 is 5.32 Å². The average Bonchev–Trinajstić information content (AvgIpc) is 2.29. The first-order chi connectivity index (χ1) is 7.27. The van der Waals surface area contributed by atoms with E-state index in [0.717, 1.165) is 0 Å². The van der Waals surface area contributed by atoms with Crippen molar-refractivity contribution in [2.24, 2.45) is 0 Å². The van der Waals surface area contributed by atoms with E-state index in [0.29, 0.717) is 18.1 Å². The van der Waals surface area contributed by atoms with Crippen molar-refractivity contribution in [1.29, 1.82) is 0 Å². The summed E-state index contributed by atoms with van der Waals surface area (Å²) in [5.41, 5.74) is 0.455. The van der Waals surface area contributed by atoms with E-state index in [1.807, 2.05) is 0 Å². The standard InChI is InChI=1S/C9H12ClN3O2/c1-15-6-8(4-10)13-9(14)7-2-3-11-12-5-7/h2-3,5,8H,4,6H2,1H3,(H,13,14). The molecule has 1 aromatic heterocycles. The Morgan fingerprint density at radius 1 is 1.67 bits per heavy atom. The van der Waals surface area contributed by atoms with Gasteiger partial charge in [-0.3, -0.25) is 4.79 Å². The Morgan fingerprint density at radius 2 is 2.47 bits per heavy atom. The number of hydrogen-bond donors (Lipinski definition) is 1. The van der Waals surface area contributed by atoms with Crippen LogP contribution >= 0.6 is 11.6 Å². The lowest BCUT2D eigenvalue weighted by atomic mass is 10.2. The van der Waals surface area contributed by atoms with Crippen molar-refractivity contribution in [2.75, 3.05) is 19.6 Å². The first-order valence-electron chi connectivity index (χ1n) is 4.40. The van der Waals surface area contributed by atoms with Gasteiger partial charge in [-0.2, -0.15) is 10.2 Å². The van der Waals surface area contributed by atoms with Crippen molar-refractivity contribution < 1.29 is 9.53 Å². The molecule has 0 radical (unpaired) electrons. The topological polar surface area (TPSA) is 64.1 Å². The fourth-order valence-corrected chi connectivity index (χ4v) is 1.19. The van der Waals surface area contributed by atoms with Crippen molar-refractivity contribution in [3.8, 4) is 0 Å². The molecule has 1 heterocycles. The molecule has 82 valence electrons. The van der Waals surface area contributed by atoms with Crippen LogP contribution in [0.3, 0.4) is 0 Å². The second-order valence-corrected chi connectivity index (χ2v) is 3.22. The molecule has 1 atom stereocenters. The molecule has 1 rings (SSSR count). The van der Waals surface area contributed by atoms with Gasteiger partial charge in [0.2, 0.25) is 0 Å². The first kappa shape index (κ1) is 11.9. The van der Waals surface area contributed by atoms with E-state index in [2.05, 4.69) is 15.5 Å². The molecular weight excluding hydrogens is 218 g/mol. The molecule has 5 nitrogen and oxygen atoms in total. The van der Waals surface area contributed by atoms with Crippen LogP contribution in [0.2, 0.25) is 0 Å². The summed E-state index contributed by atoms with van der Waals surface area (Å²) in [4.78, 5) is 11.6. The van der Waals surface area contributed by atoms with Gasteiger partial charge in [-0.05, 0) is 6.07 Å². The molecule has 0 saturated carbocycles. The van der Waals surface area contributed by atoms with Gasteiger partial charge in [0.15, 0.2) is 0 Å². The van der Waals surface area contributed by atoms with Gasteiger partial charge < -0.3 is 10.1 Å². The highest BCUT2D eigenvalue weighted by atomic mass is 35.5. The fourth-order valence-electron chi connectivity index (χ4n) is 1.02. The summed E-state index contributed by atoms with van der Waals surface area (Å²) >= 11 is 5.66. The van der Waals surface area contributed by atoms with Crippen molar-refractivity contribution >= 4 is 17.5 Å². The van der Waals surface area contributed by atoms with Gasteiger partial charge >= 0.3 is 0 Å². The number of ether oxygens (including phenoxy) is 1. The zero-order chi connectivity index (χ0) is 11.1. The number of aromatic nitrogens is 2. The molecule has 15 heavy (non-hydrogen) atoms. The van der Waals surface area contributed by atoms with E-state index >= 15 is 0 Å². The van der Waals surface area contributed by atoms with Gasteiger partial charge in [0.05, 0.1) is 30.6 Å². The van der Waals surface area contributed by atoms with Crippen molar-refractivity contribution in [1.82, 2.24) is 15.5 Å². The molecule has 1 aromatic rings. The molecule has 0 fully saturated rings. The highest BCUT2D eigenvalue weighted by Gasteiger charge is 2.12. The Kier molecular flexibility index (Phi) is 5.00. The molecule has 0 saturated heterocycles. The quantitative estimate of drug-likeness (QED) is 0.746. The minimum atomic E-state index is -0.229. The van der Waals surface area contributed by atoms with Crippen LogP contribution in [-0.4, -0.2) is 41.7 Å². The number of halogens is 1. The zero-order valence-electron chi connectivity index (χ0n) is 8.31. The zero-order valence-corrected chi connectivity index (χ0v) is 9.07. The number of nitrogens with zero attached hydrogens (tertiary/aromatic N) is 2. The van der Waals surface area contributed by atoms with Crippen LogP contribution in [-0.2, 0) is 4.74 Å². The van der Waals surface area contributed by atoms with Crippen LogP contribution in [0.4, 0.5) is 0 Å². The van der Waals surface area contributed by atoms with Crippen LogP contribution in [0.5, 0.6) is 0 Å². The second-order valence-electron chi connectivity index (χ2n) is 2.91. The van der Waals surface area contributed by atoms with E-state index < -0.39 is 0 Å². The summed E-state index contributed by atoms with van der Waals surface area (Å²) in [5.74, 6) is 0.0746. The van der Waals surface area contributed by atoms with Crippen LogP contribution in [0.25, 0.3) is 0 Å². The lowest BCUT2D eigenvalue weighted by Crippen LogP contribution is -2.39. The Labute approximate surface area is 92.8 Å². The largest absolute Gasteiger partial charge is 0.383 e. The molecule has 0 aromatic carbocycles. The summed E-state index contributed by atoms with van der Waals surface area (Å²) in [6.45, 7) is 0.383. The Morgan fingerprint density at radius 3 is 3.00 bits per heavy atom. The fraction of sp³-hybridized carbons (Fsp3) is 0.444. The highest BCUT2D eigenvalue weighted by molar-refractivity contribution is 6.18. The van der Waals surface area contributed by atoms with Gasteiger partial charge in [-0.25, -0.2) is 0 Å². The lowest BCUT2D eigenvalue weighted by Gasteiger charge is -2.14. The third-order valence-electron chi connectivity index (χ3n) is 1.74. The van der Waals surface area contributed by atoms with Crippen molar-refractivity contribution in [3.05, 3.63) is 24.0 Å². The predicted molar refractivity (Wildman–Crippen MR) is 55.9 cm³/mol. The molecule has 1 amide bonds. The monoisotopic (exact) mass is 229 g/mol. The SMILES string of the molecule is COCC(CCl)NC(=O)c1ccnnc1. The predicted octanol–water partition coefficient (Wildman–Crippen LogP) is 0.460. The van der Waals surface area contributed by atoms with E-state index in [1.54, 1.807) is 13.2 Å². The molecule has 0 bridgehead atoms. The molecule has 0 aliphatic heterocycles. The van der Waals surface area contributed by atoms with E-state index in [4.69, 9.17) is 16.3 Å². The summed E-state index contributed by atoms with van der Waals surface area (Å²) in [5, 5.41) is 9.91. The maximum absolute atomic E-state index is 11.6. The minimum absolute atomic E-state index is 0.197. The van der Waals surface area contributed by atoms with Crippen LogP contribution in [0.1, 0.15) is 10.4 Å². The molecule has 1 N–H and O–H groups in total. The Balaban J connectivity index is 2.55. The third-order valence-corrected chi connectivity index (χ3v) is 2.11. The number of nitrogens with one attached hydrogen (secondary N) is 1. The number of alkyl halides is 1. The molecule has 6 heteroatoms. The average molecular weight is 230 g/mol. The first-order valence-corrected chi connectivity index (χ1v) is 4.94. The van der Waals surface area contributed by atoms with Gasteiger partial charge in [0.25, 0.3) is 5.91 Å². The summed E-state index contributed by atoms with van der Waals surface area (Å²) in [7, 11) is 1.56. The number of carbonyl (C=O) groups excluding carboxylic acids is 1. The van der Waals surface area contributed by atoms with Crippen molar-refractivity contribution in [2.45, 2.75) is 6.04 Å². The third kappa shape index (κ3) is 3.81. The Hall–Kier alpha value is -1.20. The van der Waals surface area contributed by atoms with Gasteiger partial charge in [-0.1, -0.05) is 0 Å². The van der Waals surface area contributed by atoms with E-state index in [9.17, 15) is 4.79 Å².